The van der Waals surface area contributed by atoms with Gasteiger partial charge in [0.2, 0.25) is 17.7 Å². The van der Waals surface area contributed by atoms with Gasteiger partial charge in [-0.25, -0.2) is 0 Å². The molecule has 2 N–H and O–H groups in total. The number of likely N-dealkylation sites (tertiary alicyclic amines) is 2. The van der Waals surface area contributed by atoms with Crippen molar-refractivity contribution in [1.82, 2.24) is 20.4 Å². The molecule has 4 aliphatic rings. The zero-order valence-corrected chi connectivity index (χ0v) is 17.9. The van der Waals surface area contributed by atoms with Gasteiger partial charge in [-0.2, -0.15) is 5.26 Å². The van der Waals surface area contributed by atoms with Crippen molar-refractivity contribution in [2.75, 3.05) is 26.7 Å². The van der Waals surface area contributed by atoms with E-state index in [4.69, 9.17) is 0 Å². The van der Waals surface area contributed by atoms with Gasteiger partial charge in [0.1, 0.15) is 17.6 Å². The van der Waals surface area contributed by atoms with Crippen LogP contribution in [-0.2, 0) is 14.4 Å². The Morgan fingerprint density at radius 2 is 2.03 bits per heavy atom. The summed E-state index contributed by atoms with van der Waals surface area (Å²) in [5.74, 6) is 0.0423. The minimum Gasteiger partial charge on any atom is -0.356 e. The molecule has 0 aromatic heterocycles. The van der Waals surface area contributed by atoms with Crippen LogP contribution >= 0.6 is 0 Å². The van der Waals surface area contributed by atoms with E-state index in [9.17, 15) is 19.6 Å². The summed E-state index contributed by atoms with van der Waals surface area (Å²) < 4.78 is 0. The first kappa shape index (κ1) is 21.1. The van der Waals surface area contributed by atoms with E-state index in [1.807, 2.05) is 7.05 Å². The first-order valence-electron chi connectivity index (χ1n) is 11.4. The summed E-state index contributed by atoms with van der Waals surface area (Å²) in [6.07, 6.45) is 7.65. The monoisotopic (exact) mass is 415 g/mol. The molecule has 0 aromatic carbocycles. The molecule has 1 saturated carbocycles. The lowest BCUT2D eigenvalue weighted by atomic mass is 9.85. The highest BCUT2D eigenvalue weighted by Crippen LogP contribution is 2.40. The van der Waals surface area contributed by atoms with Gasteiger partial charge in [-0.3, -0.25) is 19.3 Å². The summed E-state index contributed by atoms with van der Waals surface area (Å²) >= 11 is 0. The zero-order chi connectivity index (χ0) is 21.3. The lowest BCUT2D eigenvalue weighted by Crippen LogP contribution is -2.58. The Balaban J connectivity index is 1.45. The molecule has 4 rings (SSSR count). The average Bonchev–Trinajstić information content (AvgIpc) is 3.39. The molecule has 30 heavy (non-hydrogen) atoms. The second-order valence-corrected chi connectivity index (χ2v) is 9.56. The molecule has 3 saturated heterocycles. The Hall–Kier alpha value is -2.14. The molecule has 0 radical (unpaired) electrons. The first-order chi connectivity index (χ1) is 14.4. The number of nitrogens with one attached hydrogen (secondary N) is 2. The van der Waals surface area contributed by atoms with Gasteiger partial charge in [0, 0.05) is 19.0 Å². The summed E-state index contributed by atoms with van der Waals surface area (Å²) in [7, 11) is 2.02. The molecule has 1 aliphatic carbocycles. The molecule has 8 nitrogen and oxygen atoms in total. The van der Waals surface area contributed by atoms with Crippen molar-refractivity contribution in [3.63, 3.8) is 0 Å². The smallest absolute Gasteiger partial charge is 0.243 e. The summed E-state index contributed by atoms with van der Waals surface area (Å²) in [6.45, 7) is 2.13. The summed E-state index contributed by atoms with van der Waals surface area (Å²) in [6, 6.07) is 0.915. The van der Waals surface area contributed by atoms with Gasteiger partial charge in [0.25, 0.3) is 0 Å². The van der Waals surface area contributed by atoms with Gasteiger partial charge in [-0.1, -0.05) is 12.8 Å². The first-order valence-corrected chi connectivity index (χ1v) is 11.4. The van der Waals surface area contributed by atoms with Gasteiger partial charge >= 0.3 is 0 Å². The number of nitriles is 1. The van der Waals surface area contributed by atoms with E-state index in [0.717, 1.165) is 45.1 Å². The number of nitrogens with zero attached hydrogens (tertiary/aromatic N) is 3. The molecular formula is C22H33N5O3. The zero-order valence-electron chi connectivity index (χ0n) is 17.9. The van der Waals surface area contributed by atoms with E-state index < -0.39 is 17.6 Å². The third kappa shape index (κ3) is 4.04. The molecule has 4 fully saturated rings. The minimum atomic E-state index is -0.711. The SMILES string of the molecule is CN1CCCC[C@@]12CCN(C(CC1CC1)C(=O)N[C@H](C#N)C[C@@H]1CCNC1=O)C2=O. The minimum absolute atomic E-state index is 0.0453. The number of amides is 3. The maximum absolute atomic E-state index is 13.5. The second-order valence-electron chi connectivity index (χ2n) is 9.56. The third-order valence-electron chi connectivity index (χ3n) is 7.58. The van der Waals surface area contributed by atoms with Crippen LogP contribution in [0.25, 0.3) is 0 Å². The van der Waals surface area contributed by atoms with Crippen LogP contribution in [0.4, 0.5) is 0 Å². The van der Waals surface area contributed by atoms with Gasteiger partial charge in [0.15, 0.2) is 0 Å². The maximum atomic E-state index is 13.5. The predicted molar refractivity (Wildman–Crippen MR) is 110 cm³/mol. The van der Waals surface area contributed by atoms with E-state index in [0.29, 0.717) is 38.3 Å². The summed E-state index contributed by atoms with van der Waals surface area (Å²) in [4.78, 5) is 42.6. The Morgan fingerprint density at radius 3 is 2.67 bits per heavy atom. The molecular weight excluding hydrogens is 382 g/mol. The quantitative estimate of drug-likeness (QED) is 0.639. The van der Waals surface area contributed by atoms with Crippen molar-refractivity contribution in [3.05, 3.63) is 0 Å². The molecule has 1 unspecified atom stereocenters. The number of likely N-dealkylation sites (N-methyl/N-ethyl adjacent to an activating group) is 1. The van der Waals surface area contributed by atoms with Crippen LogP contribution in [0.1, 0.15) is 57.8 Å². The standard InChI is InChI=1S/C22H33N5O3/c1-26-10-3-2-7-22(26)8-11-27(21(22)30)18(12-15-4-5-15)20(29)25-17(14-23)13-16-6-9-24-19(16)28/h15-18H,2-13H2,1H3,(H,24,28)(H,25,29)/t16-,17-,18?,22-/m0/s1. The van der Waals surface area contributed by atoms with Crippen molar-refractivity contribution in [2.24, 2.45) is 11.8 Å². The van der Waals surface area contributed by atoms with Crippen LogP contribution in [0, 0.1) is 23.2 Å². The highest BCUT2D eigenvalue weighted by Gasteiger charge is 2.53. The van der Waals surface area contributed by atoms with E-state index >= 15 is 0 Å². The van der Waals surface area contributed by atoms with E-state index in [1.54, 1.807) is 4.90 Å². The van der Waals surface area contributed by atoms with E-state index in [-0.39, 0.29) is 23.6 Å². The molecule has 3 amide bonds. The Morgan fingerprint density at radius 1 is 1.23 bits per heavy atom. The average molecular weight is 416 g/mol. The number of hydrogen-bond acceptors (Lipinski definition) is 5. The number of rotatable bonds is 7. The normalized spacial score (nSPS) is 31.5. The van der Waals surface area contributed by atoms with Crippen molar-refractivity contribution in [1.29, 1.82) is 5.26 Å². The van der Waals surface area contributed by atoms with E-state index in [1.165, 1.54) is 0 Å². The lowest BCUT2D eigenvalue weighted by molar-refractivity contribution is -0.145. The predicted octanol–water partition coefficient (Wildman–Crippen LogP) is 0.776. The maximum Gasteiger partial charge on any atom is 0.243 e. The fourth-order valence-electron chi connectivity index (χ4n) is 5.45. The van der Waals surface area contributed by atoms with Crippen LogP contribution in [-0.4, -0.2) is 71.8 Å². The Labute approximate surface area is 178 Å². The third-order valence-corrected chi connectivity index (χ3v) is 7.58. The molecule has 0 bridgehead atoms. The van der Waals surface area contributed by atoms with Crippen molar-refractivity contribution < 1.29 is 14.4 Å². The number of hydrogen-bond donors (Lipinski definition) is 2. The highest BCUT2D eigenvalue weighted by atomic mass is 16.2. The molecule has 1 spiro atoms. The molecule has 0 aromatic rings. The topological polar surface area (TPSA) is 106 Å². The molecule has 3 aliphatic heterocycles. The van der Waals surface area contributed by atoms with Gasteiger partial charge in [0.05, 0.1) is 6.07 Å². The van der Waals surface area contributed by atoms with Crippen LogP contribution in [0.2, 0.25) is 0 Å². The van der Waals surface area contributed by atoms with Gasteiger partial charge < -0.3 is 15.5 Å². The van der Waals surface area contributed by atoms with Crippen molar-refractivity contribution >= 4 is 17.7 Å². The Bertz CT molecular complexity index is 746. The summed E-state index contributed by atoms with van der Waals surface area (Å²) in [5, 5.41) is 15.2. The van der Waals surface area contributed by atoms with Crippen LogP contribution in [0.3, 0.4) is 0 Å². The number of carbonyl (C=O) groups is 3. The van der Waals surface area contributed by atoms with Crippen LogP contribution in [0.5, 0.6) is 0 Å². The molecule has 3 heterocycles. The molecule has 164 valence electrons. The number of piperidine rings is 1. The lowest BCUT2D eigenvalue weighted by Gasteiger charge is -2.41. The number of carbonyl (C=O) groups excluding carboxylic acids is 3. The second kappa shape index (κ2) is 8.54. The fraction of sp³-hybridized carbons (Fsp3) is 0.818. The van der Waals surface area contributed by atoms with Crippen LogP contribution in [0.15, 0.2) is 0 Å². The molecule has 8 heteroatoms. The van der Waals surface area contributed by atoms with Crippen molar-refractivity contribution in [2.45, 2.75) is 75.4 Å². The highest BCUT2D eigenvalue weighted by molar-refractivity contribution is 5.94. The van der Waals surface area contributed by atoms with Crippen LogP contribution < -0.4 is 10.6 Å². The Kier molecular flexibility index (Phi) is 6.01. The fourth-order valence-corrected chi connectivity index (χ4v) is 5.45. The van der Waals surface area contributed by atoms with Gasteiger partial charge in [-0.15, -0.1) is 0 Å². The largest absolute Gasteiger partial charge is 0.356 e. The molecule has 4 atom stereocenters. The van der Waals surface area contributed by atoms with Crippen molar-refractivity contribution in [3.8, 4) is 6.07 Å². The van der Waals surface area contributed by atoms with Gasteiger partial charge in [-0.05, 0) is 64.5 Å². The van der Waals surface area contributed by atoms with E-state index in [2.05, 4.69) is 21.6 Å². The summed E-state index contributed by atoms with van der Waals surface area (Å²) in [5.41, 5.74) is -0.461.